The molecule has 34 heavy (non-hydrogen) atoms. The minimum Gasteiger partial charge on any atom is -0.497 e. The van der Waals surface area contributed by atoms with Crippen LogP contribution in [0.4, 0.5) is 5.82 Å². The highest BCUT2D eigenvalue weighted by Crippen LogP contribution is 2.26. The second kappa shape index (κ2) is 10.7. The van der Waals surface area contributed by atoms with Gasteiger partial charge in [0.05, 0.1) is 7.11 Å². The SMILES string of the molecule is CCc1nc(C)nc(N2CCCN(C(=O)c3cccc(OC)c3)CC2)c1Cc1ccc(C)cc1. The van der Waals surface area contributed by atoms with Crippen molar-refractivity contribution >= 4 is 11.7 Å². The van der Waals surface area contributed by atoms with Gasteiger partial charge in [0.2, 0.25) is 0 Å². The van der Waals surface area contributed by atoms with Gasteiger partial charge in [0.1, 0.15) is 17.4 Å². The first-order valence-electron chi connectivity index (χ1n) is 12.1. The maximum absolute atomic E-state index is 13.2. The molecule has 178 valence electrons. The van der Waals surface area contributed by atoms with Crippen LogP contribution in [-0.2, 0) is 12.8 Å². The Balaban J connectivity index is 1.57. The van der Waals surface area contributed by atoms with Gasteiger partial charge in [-0.3, -0.25) is 4.79 Å². The molecular formula is C28H34N4O2. The molecule has 1 aromatic heterocycles. The van der Waals surface area contributed by atoms with E-state index in [1.807, 2.05) is 36.1 Å². The molecule has 1 saturated heterocycles. The zero-order chi connectivity index (χ0) is 24.1. The van der Waals surface area contributed by atoms with Crippen LogP contribution in [0.25, 0.3) is 0 Å². The number of nitrogens with zero attached hydrogens (tertiary/aromatic N) is 4. The molecule has 0 atom stereocenters. The first-order chi connectivity index (χ1) is 16.5. The Bertz CT molecular complexity index is 1140. The Morgan fingerprint density at radius 3 is 2.53 bits per heavy atom. The summed E-state index contributed by atoms with van der Waals surface area (Å²) in [5.41, 5.74) is 5.49. The molecule has 1 aliphatic rings. The van der Waals surface area contributed by atoms with Crippen molar-refractivity contribution in [2.75, 3.05) is 38.2 Å². The van der Waals surface area contributed by atoms with Crippen LogP contribution in [0.5, 0.6) is 5.75 Å². The molecule has 6 heteroatoms. The average Bonchev–Trinajstić information content (AvgIpc) is 3.12. The number of anilines is 1. The number of methoxy groups -OCH3 is 1. The summed E-state index contributed by atoms with van der Waals surface area (Å²) in [5.74, 6) is 2.56. The number of hydrogen-bond donors (Lipinski definition) is 0. The van der Waals surface area contributed by atoms with E-state index >= 15 is 0 Å². The number of carbonyl (C=O) groups is 1. The van der Waals surface area contributed by atoms with Crippen molar-refractivity contribution in [1.29, 1.82) is 0 Å². The first-order valence-corrected chi connectivity index (χ1v) is 12.1. The zero-order valence-corrected chi connectivity index (χ0v) is 20.7. The van der Waals surface area contributed by atoms with E-state index in [0.29, 0.717) is 17.9 Å². The highest BCUT2D eigenvalue weighted by molar-refractivity contribution is 5.94. The van der Waals surface area contributed by atoms with Crippen LogP contribution in [-0.4, -0.2) is 54.1 Å². The Hall–Kier alpha value is -3.41. The quantitative estimate of drug-likeness (QED) is 0.540. The fourth-order valence-electron chi connectivity index (χ4n) is 4.55. The molecule has 1 fully saturated rings. The lowest BCUT2D eigenvalue weighted by molar-refractivity contribution is 0.0766. The van der Waals surface area contributed by atoms with Crippen molar-refractivity contribution in [1.82, 2.24) is 14.9 Å². The van der Waals surface area contributed by atoms with Gasteiger partial charge in [-0.2, -0.15) is 0 Å². The topological polar surface area (TPSA) is 58.6 Å². The molecule has 0 bridgehead atoms. The molecular weight excluding hydrogens is 424 g/mol. The maximum Gasteiger partial charge on any atom is 0.254 e. The van der Waals surface area contributed by atoms with E-state index in [1.165, 1.54) is 16.7 Å². The number of carbonyl (C=O) groups excluding carboxylic acids is 1. The van der Waals surface area contributed by atoms with Crippen molar-refractivity contribution in [3.8, 4) is 5.75 Å². The summed E-state index contributed by atoms with van der Waals surface area (Å²) in [5, 5.41) is 0. The number of amides is 1. The zero-order valence-electron chi connectivity index (χ0n) is 20.7. The summed E-state index contributed by atoms with van der Waals surface area (Å²) in [4.78, 5) is 27.1. The molecule has 2 heterocycles. The molecule has 0 N–H and O–H groups in total. The third kappa shape index (κ3) is 5.38. The van der Waals surface area contributed by atoms with Crippen molar-refractivity contribution < 1.29 is 9.53 Å². The minimum atomic E-state index is 0.0498. The van der Waals surface area contributed by atoms with Crippen LogP contribution in [0.3, 0.4) is 0 Å². The van der Waals surface area contributed by atoms with Gasteiger partial charge < -0.3 is 14.5 Å². The number of benzene rings is 2. The fraction of sp³-hybridized carbons (Fsp3) is 0.393. The van der Waals surface area contributed by atoms with E-state index in [4.69, 9.17) is 14.7 Å². The molecule has 1 amide bonds. The van der Waals surface area contributed by atoms with E-state index in [1.54, 1.807) is 7.11 Å². The number of aromatic nitrogens is 2. The van der Waals surface area contributed by atoms with Crippen LogP contribution in [0.15, 0.2) is 48.5 Å². The number of hydrogen-bond acceptors (Lipinski definition) is 5. The van der Waals surface area contributed by atoms with Gasteiger partial charge in [-0.05, 0) is 50.5 Å². The molecule has 4 rings (SSSR count). The smallest absolute Gasteiger partial charge is 0.254 e. The Morgan fingerprint density at radius 2 is 1.79 bits per heavy atom. The summed E-state index contributed by atoms with van der Waals surface area (Å²) in [6, 6.07) is 16.1. The molecule has 0 aliphatic carbocycles. The molecule has 3 aromatic rings. The molecule has 0 radical (unpaired) electrons. The minimum absolute atomic E-state index is 0.0498. The summed E-state index contributed by atoms with van der Waals surface area (Å²) in [6.07, 6.45) is 2.57. The van der Waals surface area contributed by atoms with E-state index in [-0.39, 0.29) is 5.91 Å². The lowest BCUT2D eigenvalue weighted by Gasteiger charge is -2.26. The summed E-state index contributed by atoms with van der Waals surface area (Å²) >= 11 is 0. The standard InChI is InChI=1S/C28H34N4O2/c1-5-26-25(18-22-12-10-20(2)11-13-22)27(30-21(3)29-26)31-14-7-15-32(17-16-31)28(33)23-8-6-9-24(19-23)34-4/h6,8-13,19H,5,7,14-18H2,1-4H3. The van der Waals surface area contributed by atoms with E-state index < -0.39 is 0 Å². The molecule has 0 spiro atoms. The van der Waals surface area contributed by atoms with E-state index in [2.05, 4.69) is 43.0 Å². The van der Waals surface area contributed by atoms with Crippen molar-refractivity contribution in [3.63, 3.8) is 0 Å². The summed E-state index contributed by atoms with van der Waals surface area (Å²) < 4.78 is 5.30. The number of rotatable bonds is 6. The third-order valence-electron chi connectivity index (χ3n) is 6.42. The fourth-order valence-corrected chi connectivity index (χ4v) is 4.55. The van der Waals surface area contributed by atoms with Crippen molar-refractivity contribution in [2.45, 2.75) is 40.0 Å². The molecule has 2 aromatic carbocycles. The molecule has 1 aliphatic heterocycles. The highest BCUT2D eigenvalue weighted by Gasteiger charge is 2.24. The van der Waals surface area contributed by atoms with Crippen LogP contribution < -0.4 is 9.64 Å². The van der Waals surface area contributed by atoms with Gasteiger partial charge in [-0.15, -0.1) is 0 Å². The van der Waals surface area contributed by atoms with Gasteiger partial charge in [-0.25, -0.2) is 9.97 Å². The monoisotopic (exact) mass is 458 g/mol. The summed E-state index contributed by atoms with van der Waals surface area (Å²) in [7, 11) is 1.62. The predicted octanol–water partition coefficient (Wildman–Crippen LogP) is 4.61. The Morgan fingerprint density at radius 1 is 1.00 bits per heavy atom. The number of aryl methyl sites for hydroxylation is 3. The maximum atomic E-state index is 13.2. The third-order valence-corrected chi connectivity index (χ3v) is 6.42. The van der Waals surface area contributed by atoms with Crippen molar-refractivity contribution in [2.24, 2.45) is 0 Å². The van der Waals surface area contributed by atoms with Gasteiger partial charge in [0.15, 0.2) is 0 Å². The van der Waals surface area contributed by atoms with Crippen molar-refractivity contribution in [3.05, 3.63) is 82.3 Å². The average molecular weight is 459 g/mol. The van der Waals surface area contributed by atoms with E-state index in [0.717, 1.165) is 56.2 Å². The van der Waals surface area contributed by atoms with Crippen LogP contribution in [0.1, 0.15) is 51.9 Å². The Kier molecular flexibility index (Phi) is 7.46. The lowest BCUT2D eigenvalue weighted by Crippen LogP contribution is -2.35. The van der Waals surface area contributed by atoms with Crippen LogP contribution in [0, 0.1) is 13.8 Å². The molecule has 6 nitrogen and oxygen atoms in total. The second-order valence-corrected chi connectivity index (χ2v) is 8.90. The number of ether oxygens (including phenoxy) is 1. The second-order valence-electron chi connectivity index (χ2n) is 8.90. The van der Waals surface area contributed by atoms with Crippen LogP contribution >= 0.6 is 0 Å². The van der Waals surface area contributed by atoms with E-state index in [9.17, 15) is 4.79 Å². The normalized spacial score (nSPS) is 14.1. The molecule has 0 unspecified atom stereocenters. The highest BCUT2D eigenvalue weighted by atomic mass is 16.5. The molecule has 0 saturated carbocycles. The first kappa shape index (κ1) is 23.7. The van der Waals surface area contributed by atoms with Gasteiger partial charge >= 0.3 is 0 Å². The summed E-state index contributed by atoms with van der Waals surface area (Å²) in [6.45, 7) is 9.22. The lowest BCUT2D eigenvalue weighted by atomic mass is 10.0. The van der Waals surface area contributed by atoms with Gasteiger partial charge in [0.25, 0.3) is 5.91 Å². The largest absolute Gasteiger partial charge is 0.497 e. The Labute approximate surface area is 202 Å². The van der Waals surface area contributed by atoms with Crippen LogP contribution in [0.2, 0.25) is 0 Å². The predicted molar refractivity (Wildman–Crippen MR) is 136 cm³/mol. The van der Waals surface area contributed by atoms with Gasteiger partial charge in [0, 0.05) is 49.4 Å². The van der Waals surface area contributed by atoms with Gasteiger partial charge in [-0.1, -0.05) is 42.8 Å².